The van der Waals surface area contributed by atoms with Gasteiger partial charge in [0.2, 0.25) is 11.8 Å². The predicted molar refractivity (Wildman–Crippen MR) is 97.1 cm³/mol. The summed E-state index contributed by atoms with van der Waals surface area (Å²) in [4.78, 5) is 27.6. The lowest BCUT2D eigenvalue weighted by Gasteiger charge is -2.24. The van der Waals surface area contributed by atoms with Gasteiger partial charge in [-0.2, -0.15) is 15.8 Å². The maximum atomic E-state index is 12.3. The molecular formula is C19H16N6O2. The number of nitriles is 3. The van der Waals surface area contributed by atoms with Gasteiger partial charge >= 0.3 is 0 Å². The van der Waals surface area contributed by atoms with Crippen LogP contribution in [0, 0.1) is 34.0 Å². The molecule has 0 aromatic heterocycles. The van der Waals surface area contributed by atoms with Crippen molar-refractivity contribution in [1.82, 2.24) is 0 Å². The number of rotatable bonds is 4. The Morgan fingerprint density at radius 3 is 2.07 bits per heavy atom. The van der Waals surface area contributed by atoms with E-state index in [0.717, 1.165) is 6.42 Å². The van der Waals surface area contributed by atoms with E-state index in [1.165, 1.54) is 0 Å². The second-order valence-corrected chi connectivity index (χ2v) is 6.21. The van der Waals surface area contributed by atoms with E-state index in [1.54, 1.807) is 40.1 Å². The summed E-state index contributed by atoms with van der Waals surface area (Å²) in [5.74, 6) is -0.0190. The number of carbonyl (C=O) groups is 2. The summed E-state index contributed by atoms with van der Waals surface area (Å²) in [6.45, 7) is 1.15. The molecule has 1 N–H and O–H groups in total. The predicted octanol–water partition coefficient (Wildman–Crippen LogP) is 2.18. The fraction of sp³-hybridized carbons (Fsp3) is 0.316. The van der Waals surface area contributed by atoms with E-state index in [4.69, 9.17) is 10.5 Å². The molecule has 0 atom stereocenters. The number of nitrogens with one attached hydrogen (secondary N) is 1. The van der Waals surface area contributed by atoms with Crippen LogP contribution in [-0.2, 0) is 9.59 Å². The molecule has 8 nitrogen and oxygen atoms in total. The minimum Gasteiger partial charge on any atom is -0.343 e. The molecule has 3 rings (SSSR count). The van der Waals surface area contributed by atoms with Crippen molar-refractivity contribution < 1.29 is 9.59 Å². The molecule has 0 saturated carbocycles. The monoisotopic (exact) mass is 360 g/mol. The average molecular weight is 360 g/mol. The Balaban J connectivity index is 2.05. The number of hydrogen-bond donors (Lipinski definition) is 1. The Labute approximate surface area is 156 Å². The van der Waals surface area contributed by atoms with E-state index in [0.29, 0.717) is 49.4 Å². The van der Waals surface area contributed by atoms with Gasteiger partial charge in [0.15, 0.2) is 5.57 Å². The molecular weight excluding hydrogens is 344 g/mol. The van der Waals surface area contributed by atoms with Gasteiger partial charge in [0.05, 0.1) is 11.4 Å². The second kappa shape index (κ2) is 7.59. The van der Waals surface area contributed by atoms with E-state index in [9.17, 15) is 14.9 Å². The van der Waals surface area contributed by atoms with E-state index >= 15 is 0 Å². The third-order valence-corrected chi connectivity index (χ3v) is 4.58. The Hall–Kier alpha value is -3.83. The number of amides is 2. The van der Waals surface area contributed by atoms with Gasteiger partial charge in [0, 0.05) is 31.6 Å². The number of nitrogens with zero attached hydrogens (tertiary/aromatic N) is 5. The van der Waals surface area contributed by atoms with Gasteiger partial charge in [0.25, 0.3) is 0 Å². The maximum Gasteiger partial charge on any atom is 0.227 e. The molecule has 1 aromatic rings. The lowest BCUT2D eigenvalue weighted by Crippen LogP contribution is -2.27. The van der Waals surface area contributed by atoms with Crippen molar-refractivity contribution in [1.29, 1.82) is 15.8 Å². The van der Waals surface area contributed by atoms with Crippen LogP contribution < -0.4 is 15.1 Å². The van der Waals surface area contributed by atoms with Crippen LogP contribution in [0.2, 0.25) is 0 Å². The van der Waals surface area contributed by atoms with Gasteiger partial charge in [0.1, 0.15) is 23.9 Å². The summed E-state index contributed by atoms with van der Waals surface area (Å²) < 4.78 is 0. The van der Waals surface area contributed by atoms with Crippen molar-refractivity contribution >= 4 is 28.9 Å². The van der Waals surface area contributed by atoms with Gasteiger partial charge in [-0.1, -0.05) is 0 Å². The number of carbonyl (C=O) groups excluding carboxylic acids is 2. The first-order valence-electron chi connectivity index (χ1n) is 8.55. The molecule has 1 aromatic carbocycles. The Morgan fingerprint density at radius 2 is 1.56 bits per heavy atom. The van der Waals surface area contributed by atoms with Gasteiger partial charge in [-0.05, 0) is 31.0 Å². The maximum absolute atomic E-state index is 12.3. The number of hydrogen-bond acceptors (Lipinski definition) is 6. The van der Waals surface area contributed by atoms with Crippen LogP contribution >= 0.6 is 0 Å². The number of allylic oxidation sites excluding steroid dienone is 2. The molecule has 0 radical (unpaired) electrons. The minimum absolute atomic E-state index is 0.0308. The molecule has 2 fully saturated rings. The van der Waals surface area contributed by atoms with Crippen LogP contribution in [0.1, 0.15) is 25.7 Å². The fourth-order valence-corrected chi connectivity index (χ4v) is 3.26. The first-order chi connectivity index (χ1) is 13.1. The Kier molecular flexibility index (Phi) is 5.06. The highest BCUT2D eigenvalue weighted by Crippen LogP contribution is 2.35. The van der Waals surface area contributed by atoms with Crippen LogP contribution in [0.25, 0.3) is 0 Å². The van der Waals surface area contributed by atoms with Gasteiger partial charge in [-0.25, -0.2) is 0 Å². The third kappa shape index (κ3) is 3.44. The van der Waals surface area contributed by atoms with Crippen LogP contribution in [0.4, 0.5) is 17.1 Å². The highest BCUT2D eigenvalue weighted by molar-refractivity contribution is 6.01. The summed E-state index contributed by atoms with van der Waals surface area (Å²) in [6.07, 6.45) is 2.42. The summed E-state index contributed by atoms with van der Waals surface area (Å²) >= 11 is 0. The average Bonchev–Trinajstić information content (AvgIpc) is 3.30. The van der Waals surface area contributed by atoms with Crippen LogP contribution in [0.3, 0.4) is 0 Å². The zero-order valence-corrected chi connectivity index (χ0v) is 14.5. The summed E-state index contributed by atoms with van der Waals surface area (Å²) in [6, 6.07) is 10.3. The molecule has 2 amide bonds. The van der Waals surface area contributed by atoms with Crippen molar-refractivity contribution in [2.24, 2.45) is 0 Å². The quantitative estimate of drug-likeness (QED) is 0.821. The van der Waals surface area contributed by atoms with E-state index in [1.807, 2.05) is 6.07 Å². The summed E-state index contributed by atoms with van der Waals surface area (Å²) in [7, 11) is 0. The Bertz CT molecular complexity index is 944. The third-order valence-electron chi connectivity index (χ3n) is 4.58. The minimum atomic E-state index is -0.338. The smallest absolute Gasteiger partial charge is 0.227 e. The fourth-order valence-electron chi connectivity index (χ4n) is 3.26. The molecule has 8 heteroatoms. The highest BCUT2D eigenvalue weighted by Gasteiger charge is 2.27. The molecule has 0 unspecified atom stereocenters. The first kappa shape index (κ1) is 18.0. The van der Waals surface area contributed by atoms with Crippen molar-refractivity contribution in [3.63, 3.8) is 0 Å². The van der Waals surface area contributed by atoms with Crippen LogP contribution in [0.15, 0.2) is 29.5 Å². The molecule has 27 heavy (non-hydrogen) atoms. The molecule has 2 saturated heterocycles. The zero-order chi connectivity index (χ0) is 19.4. The zero-order valence-electron chi connectivity index (χ0n) is 14.5. The lowest BCUT2D eigenvalue weighted by atomic mass is 10.1. The molecule has 2 aliphatic heterocycles. The molecule has 134 valence electrons. The highest BCUT2D eigenvalue weighted by atomic mass is 16.2. The second-order valence-electron chi connectivity index (χ2n) is 6.21. The molecule has 0 aliphatic carbocycles. The van der Waals surface area contributed by atoms with Crippen molar-refractivity contribution in [2.45, 2.75) is 25.7 Å². The molecule has 0 spiro atoms. The van der Waals surface area contributed by atoms with Gasteiger partial charge in [-0.3, -0.25) is 9.59 Å². The van der Waals surface area contributed by atoms with E-state index in [2.05, 4.69) is 5.32 Å². The van der Waals surface area contributed by atoms with Crippen LogP contribution in [-0.4, -0.2) is 24.9 Å². The summed E-state index contributed by atoms with van der Waals surface area (Å²) in [5, 5.41) is 30.1. The first-order valence-corrected chi connectivity index (χ1v) is 8.55. The van der Waals surface area contributed by atoms with Crippen molar-refractivity contribution in [3.8, 4) is 18.2 Å². The van der Waals surface area contributed by atoms with Gasteiger partial charge in [-0.15, -0.1) is 0 Å². The SMILES string of the molecule is N#CC(C#N)=C(C#N)Nc1ccc(N2CCCC2=O)cc1N1CCCC1=O. The largest absolute Gasteiger partial charge is 0.343 e. The number of benzene rings is 1. The molecule has 2 aliphatic rings. The van der Waals surface area contributed by atoms with E-state index < -0.39 is 0 Å². The van der Waals surface area contributed by atoms with Crippen molar-refractivity contribution in [3.05, 3.63) is 29.5 Å². The topological polar surface area (TPSA) is 124 Å². The van der Waals surface area contributed by atoms with Crippen LogP contribution in [0.5, 0.6) is 0 Å². The standard InChI is InChI=1S/C19H16N6O2/c20-10-13(11-21)16(12-22)23-15-6-5-14(24-7-1-3-18(24)26)9-17(15)25-8-2-4-19(25)27/h5-6,9,23H,1-4,7-8H2. The molecule has 2 heterocycles. The van der Waals surface area contributed by atoms with Crippen molar-refractivity contribution in [2.75, 3.05) is 28.2 Å². The normalized spacial score (nSPS) is 15.9. The number of anilines is 3. The van der Waals surface area contributed by atoms with E-state index in [-0.39, 0.29) is 23.1 Å². The summed E-state index contributed by atoms with van der Waals surface area (Å²) in [5.41, 5.74) is 1.12. The lowest BCUT2D eigenvalue weighted by molar-refractivity contribution is -0.117. The molecule has 0 bridgehead atoms. The Morgan fingerprint density at radius 1 is 0.926 bits per heavy atom. The van der Waals surface area contributed by atoms with Gasteiger partial charge < -0.3 is 15.1 Å².